The summed E-state index contributed by atoms with van der Waals surface area (Å²) in [7, 11) is -3.52. The molecule has 1 N–H and O–H groups in total. The molecule has 1 aromatic heterocycles. The molecule has 1 aliphatic rings. The van der Waals surface area contributed by atoms with Gasteiger partial charge in [0.25, 0.3) is 5.56 Å². The molecule has 170 valence electrons. The second-order valence-corrected chi connectivity index (χ2v) is 10.3. The van der Waals surface area contributed by atoms with E-state index in [1.165, 1.54) is 5.56 Å². The number of nitrogens with zero attached hydrogens (tertiary/aromatic N) is 3. The van der Waals surface area contributed by atoms with Crippen molar-refractivity contribution < 1.29 is 8.42 Å². The minimum Gasteiger partial charge on any atom is -0.309 e. The van der Waals surface area contributed by atoms with Crippen LogP contribution in [0.2, 0.25) is 0 Å². The van der Waals surface area contributed by atoms with Gasteiger partial charge in [-0.25, -0.2) is 13.4 Å². The molecule has 32 heavy (non-hydrogen) atoms. The summed E-state index contributed by atoms with van der Waals surface area (Å²) >= 11 is 0. The molecule has 0 radical (unpaired) electrons. The number of fused-ring (bicyclic) bond motifs is 1. The van der Waals surface area contributed by atoms with Crippen molar-refractivity contribution in [3.63, 3.8) is 0 Å². The Morgan fingerprint density at radius 2 is 1.72 bits per heavy atom. The molecule has 1 aliphatic heterocycles. The maximum Gasteiger partial charge on any atom is 0.258 e. The maximum atomic E-state index is 13.1. The Bertz CT molecular complexity index is 1230. The van der Waals surface area contributed by atoms with E-state index in [0.29, 0.717) is 47.8 Å². The summed E-state index contributed by atoms with van der Waals surface area (Å²) in [4.78, 5) is 22.4. The van der Waals surface area contributed by atoms with Crippen LogP contribution in [0.1, 0.15) is 44.1 Å². The van der Waals surface area contributed by atoms with Gasteiger partial charge >= 0.3 is 0 Å². The van der Waals surface area contributed by atoms with Crippen molar-refractivity contribution in [3.8, 4) is 0 Å². The summed E-state index contributed by atoms with van der Waals surface area (Å²) in [6.45, 7) is 6.10. The number of aromatic amines is 1. The van der Waals surface area contributed by atoms with Crippen molar-refractivity contribution in [3.05, 3.63) is 70.3 Å². The summed E-state index contributed by atoms with van der Waals surface area (Å²) in [6, 6.07) is 14.4. The minimum atomic E-state index is -3.52. The molecule has 0 bridgehead atoms. The first kappa shape index (κ1) is 22.6. The molecular weight excluding hydrogens is 424 g/mol. The van der Waals surface area contributed by atoms with Crippen LogP contribution < -0.4 is 5.56 Å². The molecule has 0 spiro atoms. The topological polar surface area (TPSA) is 86.4 Å². The van der Waals surface area contributed by atoms with Crippen LogP contribution in [0.3, 0.4) is 0 Å². The first-order chi connectivity index (χ1) is 15.4. The van der Waals surface area contributed by atoms with Crippen LogP contribution in [-0.4, -0.2) is 53.8 Å². The lowest BCUT2D eigenvalue weighted by Crippen LogP contribution is -2.49. The van der Waals surface area contributed by atoms with Crippen LogP contribution in [0.25, 0.3) is 10.9 Å². The molecule has 0 saturated carbocycles. The molecule has 1 saturated heterocycles. The van der Waals surface area contributed by atoms with Crippen molar-refractivity contribution in [2.75, 3.05) is 26.2 Å². The average molecular weight is 455 g/mol. The third kappa shape index (κ3) is 4.62. The number of hydrogen-bond acceptors (Lipinski definition) is 5. The zero-order chi connectivity index (χ0) is 22.7. The highest BCUT2D eigenvalue weighted by Gasteiger charge is 2.31. The van der Waals surface area contributed by atoms with Crippen LogP contribution >= 0.6 is 0 Å². The molecule has 1 fully saturated rings. The monoisotopic (exact) mass is 454 g/mol. The number of para-hydroxylation sites is 1. The van der Waals surface area contributed by atoms with Gasteiger partial charge in [-0.2, -0.15) is 4.31 Å². The van der Waals surface area contributed by atoms with Crippen LogP contribution in [0.5, 0.6) is 0 Å². The minimum absolute atomic E-state index is 0.116. The molecular formula is C24H30N4O3S. The second-order valence-electron chi connectivity index (χ2n) is 8.33. The second kappa shape index (κ2) is 9.52. The fourth-order valence-electron chi connectivity index (χ4n) is 4.16. The summed E-state index contributed by atoms with van der Waals surface area (Å²) < 4.78 is 27.7. The third-order valence-corrected chi connectivity index (χ3v) is 8.14. The van der Waals surface area contributed by atoms with Gasteiger partial charge in [0.1, 0.15) is 5.82 Å². The van der Waals surface area contributed by atoms with Gasteiger partial charge in [0.2, 0.25) is 10.0 Å². The lowest BCUT2D eigenvalue weighted by atomic mass is 10.1. The van der Waals surface area contributed by atoms with Gasteiger partial charge in [0.15, 0.2) is 0 Å². The molecule has 7 nitrogen and oxygen atoms in total. The normalized spacial score (nSPS) is 16.9. The van der Waals surface area contributed by atoms with E-state index in [1.807, 2.05) is 37.3 Å². The van der Waals surface area contributed by atoms with Crippen molar-refractivity contribution in [1.82, 2.24) is 19.2 Å². The van der Waals surface area contributed by atoms with Gasteiger partial charge in [-0.1, -0.05) is 37.6 Å². The lowest BCUT2D eigenvalue weighted by Gasteiger charge is -2.37. The first-order valence-electron chi connectivity index (χ1n) is 11.2. The van der Waals surface area contributed by atoms with E-state index in [-0.39, 0.29) is 11.6 Å². The highest BCUT2D eigenvalue weighted by molar-refractivity contribution is 7.89. The van der Waals surface area contributed by atoms with E-state index in [4.69, 9.17) is 0 Å². The molecule has 8 heteroatoms. The Kier molecular flexibility index (Phi) is 6.74. The van der Waals surface area contributed by atoms with E-state index < -0.39 is 10.0 Å². The Hall–Kier alpha value is -2.55. The Morgan fingerprint density at radius 3 is 2.41 bits per heavy atom. The molecule has 1 unspecified atom stereocenters. The fraction of sp³-hybridized carbons (Fsp3) is 0.417. The zero-order valence-electron chi connectivity index (χ0n) is 18.6. The summed E-state index contributed by atoms with van der Waals surface area (Å²) in [5, 5.41) is 0.570. The Morgan fingerprint density at radius 1 is 1.03 bits per heavy atom. The Balaban J connectivity index is 1.44. The predicted octanol–water partition coefficient (Wildman–Crippen LogP) is 3.33. The van der Waals surface area contributed by atoms with Crippen molar-refractivity contribution in [2.45, 2.75) is 44.0 Å². The number of hydrogen-bond donors (Lipinski definition) is 1. The SMILES string of the molecule is CCCCc1ccc(S(=O)(=O)N2CCN(C(C)c3nc4ccccc4c(=O)[nH]3)CC2)cc1. The van der Waals surface area contributed by atoms with E-state index in [0.717, 1.165) is 19.3 Å². The highest BCUT2D eigenvalue weighted by atomic mass is 32.2. The summed E-state index contributed by atoms with van der Waals surface area (Å²) in [5.41, 5.74) is 1.68. The van der Waals surface area contributed by atoms with E-state index in [2.05, 4.69) is 21.8 Å². The first-order valence-corrected chi connectivity index (χ1v) is 12.7. The van der Waals surface area contributed by atoms with Crippen molar-refractivity contribution >= 4 is 20.9 Å². The van der Waals surface area contributed by atoms with Crippen LogP contribution in [-0.2, 0) is 16.4 Å². The molecule has 2 heterocycles. The number of piperazine rings is 1. The number of aromatic nitrogens is 2. The van der Waals surface area contributed by atoms with Gasteiger partial charge in [-0.15, -0.1) is 0 Å². The lowest BCUT2D eigenvalue weighted by molar-refractivity contribution is 0.141. The fourth-order valence-corrected chi connectivity index (χ4v) is 5.59. The van der Waals surface area contributed by atoms with Crippen LogP contribution in [0.15, 0.2) is 58.2 Å². The number of unbranched alkanes of at least 4 members (excludes halogenated alkanes) is 1. The Labute approximate surface area is 189 Å². The molecule has 2 aromatic carbocycles. The molecule has 3 aromatic rings. The predicted molar refractivity (Wildman–Crippen MR) is 126 cm³/mol. The highest BCUT2D eigenvalue weighted by Crippen LogP contribution is 2.23. The van der Waals surface area contributed by atoms with E-state index in [1.54, 1.807) is 22.5 Å². The van der Waals surface area contributed by atoms with Crippen molar-refractivity contribution in [2.24, 2.45) is 0 Å². The third-order valence-electron chi connectivity index (χ3n) is 6.23. The molecule has 4 rings (SSSR count). The number of sulfonamides is 1. The molecule has 1 atom stereocenters. The van der Waals surface area contributed by atoms with Gasteiger partial charge in [-0.3, -0.25) is 9.69 Å². The quantitative estimate of drug-likeness (QED) is 0.592. The van der Waals surface area contributed by atoms with Crippen molar-refractivity contribution in [1.29, 1.82) is 0 Å². The largest absolute Gasteiger partial charge is 0.309 e. The summed E-state index contributed by atoms with van der Waals surface area (Å²) in [6.07, 6.45) is 3.19. The zero-order valence-corrected chi connectivity index (χ0v) is 19.4. The van der Waals surface area contributed by atoms with Crippen LogP contribution in [0.4, 0.5) is 0 Å². The number of benzene rings is 2. The number of H-pyrrole nitrogens is 1. The number of rotatable bonds is 7. The summed E-state index contributed by atoms with van der Waals surface area (Å²) in [5.74, 6) is 0.604. The molecule has 0 amide bonds. The van der Waals surface area contributed by atoms with Gasteiger partial charge in [0, 0.05) is 26.2 Å². The van der Waals surface area contributed by atoms with Gasteiger partial charge in [-0.05, 0) is 49.6 Å². The van der Waals surface area contributed by atoms with Gasteiger partial charge in [0.05, 0.1) is 21.8 Å². The van der Waals surface area contributed by atoms with Crippen LogP contribution in [0, 0.1) is 0 Å². The smallest absolute Gasteiger partial charge is 0.258 e. The maximum absolute atomic E-state index is 13.1. The number of nitrogens with one attached hydrogen (secondary N) is 1. The number of aryl methyl sites for hydroxylation is 1. The van der Waals surface area contributed by atoms with E-state index in [9.17, 15) is 13.2 Å². The molecule has 0 aliphatic carbocycles. The standard InChI is InChI=1S/C24H30N4O3S/c1-3-4-7-19-10-12-20(13-11-19)32(30,31)28-16-14-27(15-17-28)18(2)23-25-22-9-6-5-8-21(22)24(29)26-23/h5-6,8-13,18H,3-4,7,14-17H2,1-2H3,(H,25,26,29). The van der Waals surface area contributed by atoms with Gasteiger partial charge < -0.3 is 4.98 Å². The average Bonchev–Trinajstić information content (AvgIpc) is 2.82. The van der Waals surface area contributed by atoms with E-state index >= 15 is 0 Å².